The first-order valence-corrected chi connectivity index (χ1v) is 8.27. The standard InChI is InChI=1S/C20H25NO4/c1-23-17-13-16(20(25-3)18(14-17)24-2)11-12-21-19(22)10-9-15-7-5-4-6-8-15/h4-8,13-14H,9-12H2,1-3H3,(H,21,22). The van der Waals surface area contributed by atoms with E-state index in [1.54, 1.807) is 27.4 Å². The van der Waals surface area contributed by atoms with Crippen molar-refractivity contribution in [1.82, 2.24) is 5.32 Å². The Morgan fingerprint density at radius 3 is 2.36 bits per heavy atom. The molecule has 1 amide bonds. The van der Waals surface area contributed by atoms with Crippen molar-refractivity contribution < 1.29 is 19.0 Å². The third-order valence-corrected chi connectivity index (χ3v) is 3.97. The maximum atomic E-state index is 12.0. The Morgan fingerprint density at radius 1 is 0.960 bits per heavy atom. The van der Waals surface area contributed by atoms with Crippen molar-refractivity contribution in [3.63, 3.8) is 0 Å². The van der Waals surface area contributed by atoms with E-state index in [4.69, 9.17) is 14.2 Å². The zero-order chi connectivity index (χ0) is 18.1. The first kappa shape index (κ1) is 18.6. The van der Waals surface area contributed by atoms with Gasteiger partial charge in [-0.1, -0.05) is 30.3 Å². The fourth-order valence-corrected chi connectivity index (χ4v) is 2.65. The first-order chi connectivity index (χ1) is 12.2. The Morgan fingerprint density at radius 2 is 1.72 bits per heavy atom. The summed E-state index contributed by atoms with van der Waals surface area (Å²) in [5.74, 6) is 2.02. The number of ether oxygens (including phenoxy) is 3. The van der Waals surface area contributed by atoms with Crippen molar-refractivity contribution in [2.45, 2.75) is 19.3 Å². The van der Waals surface area contributed by atoms with Gasteiger partial charge in [-0.05, 0) is 24.5 Å². The lowest BCUT2D eigenvalue weighted by atomic mass is 10.1. The van der Waals surface area contributed by atoms with Crippen molar-refractivity contribution in [2.75, 3.05) is 27.9 Å². The second-order valence-electron chi connectivity index (χ2n) is 5.61. The molecule has 0 aromatic heterocycles. The topological polar surface area (TPSA) is 56.8 Å². The van der Waals surface area contributed by atoms with Crippen LogP contribution in [0.3, 0.4) is 0 Å². The molecule has 1 N–H and O–H groups in total. The molecule has 2 rings (SSSR count). The number of carbonyl (C=O) groups is 1. The zero-order valence-electron chi connectivity index (χ0n) is 15.0. The molecular weight excluding hydrogens is 318 g/mol. The Hall–Kier alpha value is -2.69. The first-order valence-electron chi connectivity index (χ1n) is 8.27. The van der Waals surface area contributed by atoms with Crippen molar-refractivity contribution in [3.05, 3.63) is 53.6 Å². The predicted octanol–water partition coefficient (Wildman–Crippen LogP) is 3.00. The highest BCUT2D eigenvalue weighted by Crippen LogP contribution is 2.35. The molecule has 2 aromatic carbocycles. The minimum Gasteiger partial charge on any atom is -0.497 e. The van der Waals surface area contributed by atoms with E-state index in [0.717, 1.165) is 17.5 Å². The van der Waals surface area contributed by atoms with E-state index in [0.29, 0.717) is 36.6 Å². The van der Waals surface area contributed by atoms with Crippen molar-refractivity contribution in [1.29, 1.82) is 0 Å². The molecule has 0 bridgehead atoms. The Labute approximate surface area is 148 Å². The zero-order valence-corrected chi connectivity index (χ0v) is 15.0. The van der Waals surface area contributed by atoms with E-state index >= 15 is 0 Å². The molecule has 25 heavy (non-hydrogen) atoms. The fourth-order valence-electron chi connectivity index (χ4n) is 2.65. The molecule has 0 saturated carbocycles. The minimum atomic E-state index is 0.0395. The van der Waals surface area contributed by atoms with E-state index in [1.807, 2.05) is 36.4 Å². The van der Waals surface area contributed by atoms with Gasteiger partial charge in [-0.15, -0.1) is 0 Å². The number of rotatable bonds is 9. The summed E-state index contributed by atoms with van der Waals surface area (Å²) in [5.41, 5.74) is 2.10. The number of carbonyl (C=O) groups excluding carboxylic acids is 1. The van der Waals surface area contributed by atoms with E-state index in [2.05, 4.69) is 5.32 Å². The molecular formula is C20H25NO4. The molecule has 0 unspecified atom stereocenters. The molecule has 0 aliphatic heterocycles. The molecule has 0 radical (unpaired) electrons. The van der Waals surface area contributed by atoms with Crippen molar-refractivity contribution in [2.24, 2.45) is 0 Å². The summed E-state index contributed by atoms with van der Waals surface area (Å²) < 4.78 is 16.1. The van der Waals surface area contributed by atoms with Crippen molar-refractivity contribution >= 4 is 5.91 Å². The summed E-state index contributed by atoms with van der Waals surface area (Å²) in [4.78, 5) is 12.0. The predicted molar refractivity (Wildman–Crippen MR) is 97.6 cm³/mol. The van der Waals surface area contributed by atoms with Gasteiger partial charge in [0.05, 0.1) is 21.3 Å². The molecule has 134 valence electrons. The number of aryl methyl sites for hydroxylation is 1. The number of benzene rings is 2. The van der Waals surface area contributed by atoms with Crippen LogP contribution in [0.15, 0.2) is 42.5 Å². The van der Waals surface area contributed by atoms with Gasteiger partial charge in [0, 0.05) is 24.6 Å². The highest BCUT2D eigenvalue weighted by molar-refractivity contribution is 5.76. The van der Waals surface area contributed by atoms with Gasteiger partial charge in [0.15, 0.2) is 11.5 Å². The minimum absolute atomic E-state index is 0.0395. The van der Waals surface area contributed by atoms with Crippen LogP contribution in [0.25, 0.3) is 0 Å². The highest BCUT2D eigenvalue weighted by Gasteiger charge is 2.13. The summed E-state index contributed by atoms with van der Waals surface area (Å²) in [5, 5.41) is 2.95. The average molecular weight is 343 g/mol. The monoisotopic (exact) mass is 343 g/mol. The molecule has 0 heterocycles. The summed E-state index contributed by atoms with van der Waals surface area (Å²) in [6.45, 7) is 0.528. The van der Waals surface area contributed by atoms with Crippen LogP contribution >= 0.6 is 0 Å². The summed E-state index contributed by atoms with van der Waals surface area (Å²) in [6, 6.07) is 13.7. The van der Waals surface area contributed by atoms with Crippen LogP contribution < -0.4 is 19.5 Å². The SMILES string of the molecule is COc1cc(CCNC(=O)CCc2ccccc2)c(OC)c(OC)c1. The van der Waals surface area contributed by atoms with E-state index in [1.165, 1.54) is 0 Å². The van der Waals surface area contributed by atoms with Crippen LogP contribution in [0.2, 0.25) is 0 Å². The number of nitrogens with one attached hydrogen (secondary N) is 1. The molecule has 5 nitrogen and oxygen atoms in total. The molecule has 0 aliphatic rings. The molecule has 0 fully saturated rings. The molecule has 0 saturated heterocycles. The van der Waals surface area contributed by atoms with Gasteiger partial charge in [0.1, 0.15) is 5.75 Å². The van der Waals surface area contributed by atoms with E-state index in [-0.39, 0.29) is 5.91 Å². The lowest BCUT2D eigenvalue weighted by molar-refractivity contribution is -0.121. The number of amides is 1. The summed E-state index contributed by atoms with van der Waals surface area (Å²) in [7, 11) is 4.80. The lowest BCUT2D eigenvalue weighted by Crippen LogP contribution is -2.26. The molecule has 0 aliphatic carbocycles. The van der Waals surface area contributed by atoms with Gasteiger partial charge in [-0.2, -0.15) is 0 Å². The van der Waals surface area contributed by atoms with Gasteiger partial charge < -0.3 is 19.5 Å². The van der Waals surface area contributed by atoms with E-state index < -0.39 is 0 Å². The van der Waals surface area contributed by atoms with Crippen LogP contribution in [0, 0.1) is 0 Å². The van der Waals surface area contributed by atoms with Crippen LogP contribution in [0.4, 0.5) is 0 Å². The van der Waals surface area contributed by atoms with Crippen LogP contribution in [-0.4, -0.2) is 33.8 Å². The quantitative estimate of drug-likeness (QED) is 0.760. The van der Waals surface area contributed by atoms with Crippen molar-refractivity contribution in [3.8, 4) is 17.2 Å². The van der Waals surface area contributed by atoms with Gasteiger partial charge in [-0.25, -0.2) is 0 Å². The van der Waals surface area contributed by atoms with Crippen LogP contribution in [-0.2, 0) is 17.6 Å². The molecule has 2 aromatic rings. The van der Waals surface area contributed by atoms with Gasteiger partial charge in [0.25, 0.3) is 0 Å². The molecule has 0 atom stereocenters. The van der Waals surface area contributed by atoms with Gasteiger partial charge in [0.2, 0.25) is 5.91 Å². The Bertz CT molecular complexity index is 686. The second kappa shape index (κ2) is 9.57. The maximum absolute atomic E-state index is 12.0. The van der Waals surface area contributed by atoms with Crippen LogP contribution in [0.1, 0.15) is 17.5 Å². The van der Waals surface area contributed by atoms with Gasteiger partial charge >= 0.3 is 0 Å². The maximum Gasteiger partial charge on any atom is 0.220 e. The van der Waals surface area contributed by atoms with Crippen LogP contribution in [0.5, 0.6) is 17.2 Å². The normalized spacial score (nSPS) is 10.2. The Kier molecular flexibility index (Phi) is 7.14. The third kappa shape index (κ3) is 5.41. The summed E-state index contributed by atoms with van der Waals surface area (Å²) in [6.07, 6.45) is 1.85. The van der Waals surface area contributed by atoms with Gasteiger partial charge in [-0.3, -0.25) is 4.79 Å². The lowest BCUT2D eigenvalue weighted by Gasteiger charge is -2.15. The molecule has 0 spiro atoms. The smallest absolute Gasteiger partial charge is 0.220 e. The third-order valence-electron chi connectivity index (χ3n) is 3.97. The largest absolute Gasteiger partial charge is 0.497 e. The summed E-state index contributed by atoms with van der Waals surface area (Å²) >= 11 is 0. The highest BCUT2D eigenvalue weighted by atomic mass is 16.5. The number of hydrogen-bond donors (Lipinski definition) is 1. The van der Waals surface area contributed by atoms with E-state index in [9.17, 15) is 4.79 Å². The number of hydrogen-bond acceptors (Lipinski definition) is 4. The molecule has 5 heteroatoms. The second-order valence-corrected chi connectivity index (χ2v) is 5.61. The average Bonchev–Trinajstić information content (AvgIpc) is 2.66. The fraction of sp³-hybridized carbons (Fsp3) is 0.350. The Balaban J connectivity index is 1.89. The number of methoxy groups -OCH3 is 3.